The molecular formula is C17H37N3O4. The molecule has 7 nitrogen and oxygen atoms in total. The molecule has 0 aromatic carbocycles. The minimum absolute atomic E-state index is 0. The Kier molecular flexibility index (Phi) is 9.58. The maximum Gasteiger partial charge on any atom is 0.415 e. The molecule has 4 N–H and O–H groups in total. The van der Waals surface area contributed by atoms with Gasteiger partial charge in [0, 0.05) is 9.40 Å². The van der Waals surface area contributed by atoms with Crippen LogP contribution in [0.1, 0.15) is 69.1 Å². The van der Waals surface area contributed by atoms with Crippen LogP contribution in [0.5, 0.6) is 0 Å². The molecule has 1 saturated heterocycles. The van der Waals surface area contributed by atoms with Crippen molar-refractivity contribution in [1.82, 2.24) is 16.4 Å². The number of carbonyl (C=O) groups excluding carboxylic acids is 3. The highest BCUT2D eigenvalue weighted by Crippen LogP contribution is 2.21. The minimum atomic E-state index is -0.705. The van der Waals surface area contributed by atoms with Crippen molar-refractivity contribution in [3.63, 3.8) is 0 Å². The summed E-state index contributed by atoms with van der Waals surface area (Å²) in [5, 5.41) is 2.18. The summed E-state index contributed by atoms with van der Waals surface area (Å²) >= 11 is 0. The van der Waals surface area contributed by atoms with Gasteiger partial charge in [-0.1, -0.05) is 27.7 Å². The molecule has 0 radical (unpaired) electrons. The van der Waals surface area contributed by atoms with Crippen molar-refractivity contribution in [1.29, 1.82) is 0 Å². The van der Waals surface area contributed by atoms with Gasteiger partial charge in [-0.25, -0.2) is 14.9 Å². The highest BCUT2D eigenvalue weighted by molar-refractivity contribution is 5.92. The standard InChI is InChI=1S/C12H18N2O4.C5H12.H3N.2H2/c15-8-9-4-3-7-14(9)11(16)13-12(17)18-10-5-1-2-6-10;1-5(2,3)4;;;/h8-10H,1-7H2,(H,13,16,17);1-4H3;1H3;2*1H/t9-;;;;/m0..../s1. The summed E-state index contributed by atoms with van der Waals surface area (Å²) in [7, 11) is 0. The number of carbonyl (C=O) groups is 3. The van der Waals surface area contributed by atoms with E-state index in [4.69, 9.17) is 4.74 Å². The monoisotopic (exact) mass is 347 g/mol. The molecule has 2 rings (SSSR count). The summed E-state index contributed by atoms with van der Waals surface area (Å²) in [5.74, 6) is 0. The van der Waals surface area contributed by atoms with E-state index in [0.717, 1.165) is 38.4 Å². The number of urea groups is 1. The van der Waals surface area contributed by atoms with Crippen molar-refractivity contribution in [3.8, 4) is 0 Å². The van der Waals surface area contributed by atoms with E-state index in [9.17, 15) is 14.4 Å². The summed E-state index contributed by atoms with van der Waals surface area (Å²) < 4.78 is 5.12. The van der Waals surface area contributed by atoms with Gasteiger partial charge in [0.15, 0.2) is 0 Å². The van der Waals surface area contributed by atoms with Crippen LogP contribution in [0, 0.1) is 5.41 Å². The third-order valence-electron chi connectivity index (χ3n) is 3.50. The van der Waals surface area contributed by atoms with E-state index in [1.54, 1.807) is 0 Å². The first-order valence-electron chi connectivity index (χ1n) is 8.44. The molecule has 1 aliphatic heterocycles. The van der Waals surface area contributed by atoms with Crippen LogP contribution < -0.4 is 11.5 Å². The molecule has 1 heterocycles. The second kappa shape index (κ2) is 10.3. The molecule has 0 spiro atoms. The predicted molar refractivity (Wildman–Crippen MR) is 97.4 cm³/mol. The molecular weight excluding hydrogens is 310 g/mol. The van der Waals surface area contributed by atoms with E-state index in [0.29, 0.717) is 18.4 Å². The van der Waals surface area contributed by atoms with Gasteiger partial charge < -0.3 is 20.6 Å². The molecule has 2 fully saturated rings. The van der Waals surface area contributed by atoms with Crippen LogP contribution in [0.4, 0.5) is 9.59 Å². The van der Waals surface area contributed by atoms with Crippen LogP contribution in [-0.4, -0.2) is 42.0 Å². The average molecular weight is 348 g/mol. The van der Waals surface area contributed by atoms with Crippen molar-refractivity contribution >= 4 is 18.4 Å². The maximum absolute atomic E-state index is 11.8. The quantitative estimate of drug-likeness (QED) is 0.729. The molecule has 0 aromatic rings. The zero-order valence-corrected chi connectivity index (χ0v) is 15.5. The number of ether oxygens (including phenoxy) is 1. The number of hydrogen-bond acceptors (Lipinski definition) is 5. The Morgan fingerprint density at radius 3 is 2.17 bits per heavy atom. The topological polar surface area (TPSA) is 111 Å². The highest BCUT2D eigenvalue weighted by atomic mass is 16.6. The molecule has 1 aliphatic carbocycles. The van der Waals surface area contributed by atoms with Crippen molar-refractivity contribution < 1.29 is 22.0 Å². The summed E-state index contributed by atoms with van der Waals surface area (Å²) in [5.41, 5.74) is 0.500. The van der Waals surface area contributed by atoms with Gasteiger partial charge in [-0.3, -0.25) is 0 Å². The number of likely N-dealkylation sites (tertiary alicyclic amines) is 1. The number of nitrogens with zero attached hydrogens (tertiary/aromatic N) is 1. The lowest BCUT2D eigenvalue weighted by atomic mass is 10.0. The molecule has 24 heavy (non-hydrogen) atoms. The molecule has 3 amide bonds. The van der Waals surface area contributed by atoms with Crippen LogP contribution in [0.15, 0.2) is 0 Å². The van der Waals surface area contributed by atoms with Gasteiger partial charge >= 0.3 is 12.1 Å². The SMILES string of the molecule is CC(C)(C)C.N.O=C[C@@H]1CCCN1C(=O)NC(=O)OC1CCCC1.[HH].[HH]. The number of alkyl carbamates (subject to hydrolysis) is 1. The Balaban J connectivity index is -0.000000590. The van der Waals surface area contributed by atoms with Crippen LogP contribution >= 0.6 is 0 Å². The molecule has 2 aliphatic rings. The first kappa shape index (κ1) is 22.4. The normalized spacial score (nSPS) is 20.5. The number of hydrogen-bond donors (Lipinski definition) is 2. The van der Waals surface area contributed by atoms with E-state index in [-0.39, 0.29) is 15.1 Å². The molecule has 0 bridgehead atoms. The summed E-state index contributed by atoms with van der Waals surface area (Å²) in [6.07, 6.45) is 5.26. The zero-order chi connectivity index (χ0) is 17.5. The Bertz CT molecular complexity index is 419. The molecule has 0 aromatic heterocycles. The van der Waals surface area contributed by atoms with Gasteiger partial charge in [-0.2, -0.15) is 0 Å². The number of aldehydes is 1. The van der Waals surface area contributed by atoms with Gasteiger partial charge in [-0.05, 0) is 43.9 Å². The smallest absolute Gasteiger partial charge is 0.415 e. The van der Waals surface area contributed by atoms with Crippen molar-refractivity contribution in [3.05, 3.63) is 0 Å². The van der Waals surface area contributed by atoms with E-state index in [2.05, 4.69) is 33.0 Å². The van der Waals surface area contributed by atoms with Crippen molar-refractivity contribution in [2.75, 3.05) is 6.54 Å². The van der Waals surface area contributed by atoms with Crippen LogP contribution in [0.25, 0.3) is 0 Å². The largest absolute Gasteiger partial charge is 0.446 e. The minimum Gasteiger partial charge on any atom is -0.446 e. The number of amides is 3. The molecule has 7 heteroatoms. The number of nitrogens with one attached hydrogen (secondary N) is 1. The van der Waals surface area contributed by atoms with Crippen LogP contribution in [0.3, 0.4) is 0 Å². The zero-order valence-electron chi connectivity index (χ0n) is 15.5. The first-order chi connectivity index (χ1) is 10.7. The fourth-order valence-corrected chi connectivity index (χ4v) is 2.53. The molecule has 1 saturated carbocycles. The Hall–Kier alpha value is -1.63. The average Bonchev–Trinajstić information content (AvgIpc) is 3.06. The lowest BCUT2D eigenvalue weighted by Gasteiger charge is -2.20. The van der Waals surface area contributed by atoms with Crippen LogP contribution in [-0.2, 0) is 9.53 Å². The third-order valence-corrected chi connectivity index (χ3v) is 3.50. The second-order valence-corrected chi connectivity index (χ2v) is 7.78. The van der Waals surface area contributed by atoms with E-state index in [1.165, 1.54) is 4.90 Å². The van der Waals surface area contributed by atoms with Gasteiger partial charge in [0.2, 0.25) is 0 Å². The molecule has 1 atom stereocenters. The van der Waals surface area contributed by atoms with E-state index in [1.807, 2.05) is 0 Å². The van der Waals surface area contributed by atoms with Gasteiger partial charge in [0.05, 0.1) is 6.04 Å². The Morgan fingerprint density at radius 1 is 1.12 bits per heavy atom. The Morgan fingerprint density at radius 2 is 1.67 bits per heavy atom. The third kappa shape index (κ3) is 8.86. The van der Waals surface area contributed by atoms with Crippen molar-refractivity contribution in [2.45, 2.75) is 78.4 Å². The number of imide groups is 1. The summed E-state index contributed by atoms with van der Waals surface area (Å²) in [4.78, 5) is 35.4. The summed E-state index contributed by atoms with van der Waals surface area (Å²) in [6.45, 7) is 9.26. The van der Waals surface area contributed by atoms with Gasteiger partial charge in [0.1, 0.15) is 12.4 Å². The first-order valence-corrected chi connectivity index (χ1v) is 8.44. The van der Waals surface area contributed by atoms with Crippen LogP contribution in [0.2, 0.25) is 0 Å². The van der Waals surface area contributed by atoms with Gasteiger partial charge in [0.25, 0.3) is 0 Å². The fraction of sp³-hybridized carbons (Fsp3) is 0.824. The highest BCUT2D eigenvalue weighted by Gasteiger charge is 2.30. The molecule has 0 unspecified atom stereocenters. The predicted octanol–water partition coefficient (Wildman–Crippen LogP) is 4.14. The van der Waals surface area contributed by atoms with E-state index < -0.39 is 18.2 Å². The molecule has 144 valence electrons. The lowest BCUT2D eigenvalue weighted by molar-refractivity contribution is -0.110. The fourth-order valence-electron chi connectivity index (χ4n) is 2.53. The van der Waals surface area contributed by atoms with E-state index >= 15 is 0 Å². The second-order valence-electron chi connectivity index (χ2n) is 7.78. The summed E-state index contributed by atoms with van der Waals surface area (Å²) in [6, 6.07) is -0.947. The lowest BCUT2D eigenvalue weighted by Crippen LogP contribution is -2.46. The van der Waals surface area contributed by atoms with Crippen molar-refractivity contribution in [2.24, 2.45) is 5.41 Å². The number of rotatable bonds is 2. The van der Waals surface area contributed by atoms with Gasteiger partial charge in [-0.15, -0.1) is 0 Å². The maximum atomic E-state index is 11.8. The Labute approximate surface area is 148 Å².